The number of benzene rings is 3. The minimum atomic E-state index is -0.623. The number of rotatable bonds is 9. The lowest BCUT2D eigenvalue weighted by molar-refractivity contribution is 0.0729. The highest BCUT2D eigenvalue weighted by atomic mass is 16.5. The molecule has 7 heteroatoms. The fraction of sp³-hybridized carbons (Fsp3) is 0.312. The molecule has 202 valence electrons. The maximum Gasteiger partial charge on any atom is 0.290 e. The third-order valence-electron chi connectivity index (χ3n) is 7.08. The number of ether oxygens (including phenoxy) is 3. The molecule has 0 radical (unpaired) electrons. The van der Waals surface area contributed by atoms with E-state index in [1.165, 1.54) is 0 Å². The van der Waals surface area contributed by atoms with Crippen LogP contribution in [0.1, 0.15) is 58.3 Å². The highest BCUT2D eigenvalue weighted by Gasteiger charge is 2.43. The van der Waals surface area contributed by atoms with Gasteiger partial charge in [0.15, 0.2) is 16.9 Å². The number of carbonyl (C=O) groups is 1. The van der Waals surface area contributed by atoms with Gasteiger partial charge in [-0.05, 0) is 86.7 Å². The third kappa shape index (κ3) is 4.85. The SMILES string of the molecule is CCOc1ccc(C2c3c(oc4c(C)cc(C)cc4c3=O)C(=O)N2CCc2ccc(OC)cc2)cc1OCC. The van der Waals surface area contributed by atoms with E-state index in [4.69, 9.17) is 18.6 Å². The lowest BCUT2D eigenvalue weighted by atomic mass is 9.96. The van der Waals surface area contributed by atoms with Gasteiger partial charge in [-0.15, -0.1) is 0 Å². The van der Waals surface area contributed by atoms with Crippen molar-refractivity contribution >= 4 is 16.9 Å². The van der Waals surface area contributed by atoms with Crippen LogP contribution in [-0.4, -0.2) is 37.7 Å². The summed E-state index contributed by atoms with van der Waals surface area (Å²) in [6.45, 7) is 9.00. The van der Waals surface area contributed by atoms with E-state index < -0.39 is 6.04 Å². The summed E-state index contributed by atoms with van der Waals surface area (Å²) in [6.07, 6.45) is 0.599. The molecule has 1 aromatic heterocycles. The minimum Gasteiger partial charge on any atom is -0.497 e. The Morgan fingerprint density at radius 3 is 2.31 bits per heavy atom. The molecule has 1 amide bonds. The van der Waals surface area contributed by atoms with Crippen molar-refractivity contribution in [2.24, 2.45) is 0 Å². The van der Waals surface area contributed by atoms with E-state index in [9.17, 15) is 9.59 Å². The van der Waals surface area contributed by atoms with Crippen molar-refractivity contribution in [2.75, 3.05) is 26.9 Å². The highest BCUT2D eigenvalue weighted by molar-refractivity contribution is 5.99. The fourth-order valence-corrected chi connectivity index (χ4v) is 5.33. The first kappa shape index (κ1) is 26.4. The van der Waals surface area contributed by atoms with Crippen LogP contribution in [0.3, 0.4) is 0 Å². The number of hydrogen-bond donors (Lipinski definition) is 0. The van der Waals surface area contributed by atoms with Crippen molar-refractivity contribution in [2.45, 2.75) is 40.2 Å². The van der Waals surface area contributed by atoms with Gasteiger partial charge in [0.1, 0.15) is 11.3 Å². The van der Waals surface area contributed by atoms with E-state index in [1.54, 1.807) is 12.0 Å². The molecule has 4 aromatic rings. The summed E-state index contributed by atoms with van der Waals surface area (Å²) < 4.78 is 23.1. The molecular weight excluding hydrogens is 494 g/mol. The Kier molecular flexibility index (Phi) is 7.33. The van der Waals surface area contributed by atoms with E-state index >= 15 is 0 Å². The fourth-order valence-electron chi connectivity index (χ4n) is 5.33. The van der Waals surface area contributed by atoms with Gasteiger partial charge in [0, 0.05) is 6.54 Å². The second-order valence-electron chi connectivity index (χ2n) is 9.70. The predicted molar refractivity (Wildman–Crippen MR) is 150 cm³/mol. The molecule has 0 spiro atoms. The molecule has 7 nitrogen and oxygen atoms in total. The largest absolute Gasteiger partial charge is 0.497 e. The summed E-state index contributed by atoms with van der Waals surface area (Å²) in [7, 11) is 1.63. The topological polar surface area (TPSA) is 78.2 Å². The summed E-state index contributed by atoms with van der Waals surface area (Å²) in [4.78, 5) is 29.6. The summed E-state index contributed by atoms with van der Waals surface area (Å²) in [5.41, 5.74) is 4.23. The Morgan fingerprint density at radius 2 is 1.62 bits per heavy atom. The number of nitrogens with zero attached hydrogens (tertiary/aromatic N) is 1. The van der Waals surface area contributed by atoms with Crippen LogP contribution in [-0.2, 0) is 6.42 Å². The van der Waals surface area contributed by atoms with Crippen LogP contribution in [0, 0.1) is 13.8 Å². The van der Waals surface area contributed by atoms with Crippen molar-refractivity contribution in [1.29, 1.82) is 0 Å². The van der Waals surface area contributed by atoms with Crippen molar-refractivity contribution in [3.05, 3.63) is 98.4 Å². The number of fused-ring (bicyclic) bond motifs is 2. The Hall–Kier alpha value is -4.26. The average molecular weight is 528 g/mol. The van der Waals surface area contributed by atoms with Crippen LogP contribution in [0.4, 0.5) is 0 Å². The van der Waals surface area contributed by atoms with Crippen LogP contribution in [0.15, 0.2) is 63.8 Å². The molecular formula is C32H33NO6. The van der Waals surface area contributed by atoms with Gasteiger partial charge in [0.2, 0.25) is 5.76 Å². The Morgan fingerprint density at radius 1 is 0.897 bits per heavy atom. The molecule has 1 unspecified atom stereocenters. The van der Waals surface area contributed by atoms with Crippen molar-refractivity contribution in [3.8, 4) is 17.2 Å². The van der Waals surface area contributed by atoms with Crippen LogP contribution >= 0.6 is 0 Å². The first-order valence-corrected chi connectivity index (χ1v) is 13.3. The second-order valence-corrected chi connectivity index (χ2v) is 9.70. The zero-order valence-electron chi connectivity index (χ0n) is 23.0. The second kappa shape index (κ2) is 10.8. The molecule has 0 saturated heterocycles. The molecule has 0 N–H and O–H groups in total. The van der Waals surface area contributed by atoms with Crippen LogP contribution in [0.2, 0.25) is 0 Å². The van der Waals surface area contributed by atoms with E-state index in [1.807, 2.05) is 82.3 Å². The van der Waals surface area contributed by atoms with Gasteiger partial charge >= 0.3 is 0 Å². The Labute approximate surface area is 227 Å². The van der Waals surface area contributed by atoms with Gasteiger partial charge in [-0.25, -0.2) is 0 Å². The van der Waals surface area contributed by atoms with E-state index in [0.717, 1.165) is 28.0 Å². The predicted octanol–water partition coefficient (Wildman–Crippen LogP) is 6.00. The number of carbonyl (C=O) groups excluding carboxylic acids is 1. The van der Waals surface area contributed by atoms with Crippen molar-refractivity contribution in [1.82, 2.24) is 4.90 Å². The van der Waals surface area contributed by atoms with Crippen LogP contribution < -0.4 is 19.6 Å². The average Bonchev–Trinajstić information content (AvgIpc) is 3.21. The summed E-state index contributed by atoms with van der Waals surface area (Å²) in [5, 5.41) is 0.483. The van der Waals surface area contributed by atoms with Crippen molar-refractivity contribution < 1.29 is 23.4 Å². The molecule has 0 fully saturated rings. The molecule has 5 rings (SSSR count). The summed E-state index contributed by atoms with van der Waals surface area (Å²) in [5.74, 6) is 1.77. The number of hydrogen-bond acceptors (Lipinski definition) is 6. The van der Waals surface area contributed by atoms with Gasteiger partial charge < -0.3 is 23.5 Å². The highest BCUT2D eigenvalue weighted by Crippen LogP contribution is 2.41. The van der Waals surface area contributed by atoms with Gasteiger partial charge in [-0.2, -0.15) is 0 Å². The normalized spacial score (nSPS) is 14.5. The standard InChI is InChI=1S/C32H33NO6/c1-6-37-25-13-10-22(18-26(25)38-7-2)28-27-29(34)24-17-19(3)16-20(4)30(24)39-31(27)32(35)33(28)15-14-21-8-11-23(36-5)12-9-21/h8-13,16-18,28H,6-7,14-15H2,1-5H3. The number of aryl methyl sites for hydroxylation is 2. The maximum absolute atomic E-state index is 14.0. The van der Waals surface area contributed by atoms with Crippen LogP contribution in [0.25, 0.3) is 11.0 Å². The zero-order valence-corrected chi connectivity index (χ0v) is 23.0. The third-order valence-corrected chi connectivity index (χ3v) is 7.08. The van der Waals surface area contributed by atoms with E-state index in [0.29, 0.717) is 54.2 Å². The van der Waals surface area contributed by atoms with Gasteiger partial charge in [0.05, 0.1) is 37.3 Å². The molecule has 1 aliphatic heterocycles. The molecule has 0 bridgehead atoms. The lowest BCUT2D eigenvalue weighted by Crippen LogP contribution is -2.31. The zero-order chi connectivity index (χ0) is 27.7. The van der Waals surface area contributed by atoms with E-state index in [2.05, 4.69) is 0 Å². The number of amides is 1. The lowest BCUT2D eigenvalue weighted by Gasteiger charge is -2.26. The van der Waals surface area contributed by atoms with E-state index in [-0.39, 0.29) is 17.1 Å². The maximum atomic E-state index is 14.0. The molecule has 1 aliphatic rings. The minimum absolute atomic E-state index is 0.103. The molecule has 39 heavy (non-hydrogen) atoms. The first-order valence-electron chi connectivity index (χ1n) is 13.3. The number of methoxy groups -OCH3 is 1. The summed E-state index contributed by atoms with van der Waals surface area (Å²) >= 11 is 0. The molecule has 3 aromatic carbocycles. The van der Waals surface area contributed by atoms with Gasteiger partial charge in [0.25, 0.3) is 5.91 Å². The van der Waals surface area contributed by atoms with Crippen LogP contribution in [0.5, 0.6) is 17.2 Å². The van der Waals surface area contributed by atoms with Gasteiger partial charge in [-0.1, -0.05) is 24.3 Å². The monoisotopic (exact) mass is 527 g/mol. The molecule has 2 heterocycles. The first-order chi connectivity index (χ1) is 18.9. The Bertz CT molecular complexity index is 1590. The smallest absolute Gasteiger partial charge is 0.290 e. The molecule has 1 atom stereocenters. The molecule has 0 aliphatic carbocycles. The Balaban J connectivity index is 1.64. The molecule has 0 saturated carbocycles. The summed E-state index contributed by atoms with van der Waals surface area (Å²) in [6, 6.07) is 16.5. The van der Waals surface area contributed by atoms with Gasteiger partial charge in [-0.3, -0.25) is 9.59 Å². The van der Waals surface area contributed by atoms with Crippen molar-refractivity contribution in [3.63, 3.8) is 0 Å². The quantitative estimate of drug-likeness (QED) is 0.266.